The van der Waals surface area contributed by atoms with Crippen LogP contribution in [0, 0.1) is 13.8 Å². The Kier molecular flexibility index (Phi) is 4.72. The Bertz CT molecular complexity index is 717. The van der Waals surface area contributed by atoms with Crippen LogP contribution in [0.1, 0.15) is 52.7 Å². The van der Waals surface area contributed by atoms with Crippen LogP contribution in [0.2, 0.25) is 0 Å². The Balaban J connectivity index is 2.51. The van der Waals surface area contributed by atoms with Crippen molar-refractivity contribution < 1.29 is 0 Å². The van der Waals surface area contributed by atoms with Crippen molar-refractivity contribution in [1.82, 2.24) is 0 Å². The van der Waals surface area contributed by atoms with Crippen molar-refractivity contribution in [2.45, 2.75) is 66.5 Å². The van der Waals surface area contributed by atoms with E-state index in [-0.39, 0.29) is 11.1 Å². The van der Waals surface area contributed by atoms with E-state index in [4.69, 9.17) is 5.73 Å². The molecule has 2 nitrogen and oxygen atoms in total. The highest BCUT2D eigenvalue weighted by atomic mass is 15.2. The highest BCUT2D eigenvalue weighted by Crippen LogP contribution is 2.36. The Hall–Kier alpha value is -1.96. The van der Waals surface area contributed by atoms with Gasteiger partial charge in [0.05, 0.1) is 0 Å². The van der Waals surface area contributed by atoms with Crippen LogP contribution in [0.15, 0.2) is 36.4 Å². The Labute approximate surface area is 147 Å². The van der Waals surface area contributed by atoms with E-state index in [1.165, 1.54) is 22.4 Å². The highest BCUT2D eigenvalue weighted by molar-refractivity contribution is 5.72. The average molecular weight is 325 g/mol. The predicted molar refractivity (Wildman–Crippen MR) is 108 cm³/mol. The van der Waals surface area contributed by atoms with E-state index in [0.29, 0.717) is 0 Å². The van der Waals surface area contributed by atoms with Gasteiger partial charge in [0.25, 0.3) is 0 Å². The van der Waals surface area contributed by atoms with Gasteiger partial charge in [0.1, 0.15) is 0 Å². The third kappa shape index (κ3) is 3.75. The minimum atomic E-state index is 0.0578. The number of nitrogen functional groups attached to an aromatic ring is 1. The van der Waals surface area contributed by atoms with Crippen LogP contribution < -0.4 is 10.6 Å². The molecule has 2 aromatic carbocycles. The lowest BCUT2D eigenvalue weighted by atomic mass is 9.92. The van der Waals surface area contributed by atoms with Crippen LogP contribution in [0.25, 0.3) is 11.1 Å². The summed E-state index contributed by atoms with van der Waals surface area (Å²) < 4.78 is 0. The van der Waals surface area contributed by atoms with E-state index in [1.54, 1.807) is 0 Å². The lowest BCUT2D eigenvalue weighted by molar-refractivity contribution is 0.380. The van der Waals surface area contributed by atoms with Gasteiger partial charge in [-0.15, -0.1) is 0 Å². The molecular weight excluding hydrogens is 292 g/mol. The maximum absolute atomic E-state index is 5.95. The summed E-state index contributed by atoms with van der Waals surface area (Å²) in [5.74, 6) is 0. The molecule has 0 bridgehead atoms. The third-order valence-corrected chi connectivity index (χ3v) is 4.38. The maximum atomic E-state index is 5.95. The molecule has 2 N–H and O–H groups in total. The SMILES string of the molecule is Cc1cc(-c2ccc(N(C(C)(C)C)C(C)(C)C)c(C)c2)ccc1N. The van der Waals surface area contributed by atoms with Gasteiger partial charge in [0.2, 0.25) is 0 Å². The normalized spacial score (nSPS) is 12.3. The van der Waals surface area contributed by atoms with E-state index >= 15 is 0 Å². The molecule has 0 saturated carbocycles. The zero-order valence-electron chi connectivity index (χ0n) is 16.5. The fraction of sp³-hybridized carbons (Fsp3) is 0.455. The first-order valence-electron chi connectivity index (χ1n) is 8.69. The van der Waals surface area contributed by atoms with Crippen molar-refractivity contribution in [1.29, 1.82) is 0 Å². The van der Waals surface area contributed by atoms with Crippen LogP contribution in [0.3, 0.4) is 0 Å². The summed E-state index contributed by atoms with van der Waals surface area (Å²) in [5.41, 5.74) is 13.1. The smallest absolute Gasteiger partial charge is 0.0405 e. The molecule has 0 fully saturated rings. The molecule has 0 atom stereocenters. The van der Waals surface area contributed by atoms with Crippen molar-refractivity contribution in [2.75, 3.05) is 10.6 Å². The number of hydrogen-bond donors (Lipinski definition) is 1. The van der Waals surface area contributed by atoms with E-state index in [9.17, 15) is 0 Å². The van der Waals surface area contributed by atoms with E-state index < -0.39 is 0 Å². The molecule has 2 rings (SSSR count). The summed E-state index contributed by atoms with van der Waals surface area (Å²) in [6, 6.07) is 13.0. The van der Waals surface area contributed by atoms with Crippen LogP contribution in [-0.2, 0) is 0 Å². The van der Waals surface area contributed by atoms with Crippen molar-refractivity contribution >= 4 is 11.4 Å². The number of aryl methyl sites for hydroxylation is 2. The Morgan fingerprint density at radius 3 is 1.58 bits per heavy atom. The molecule has 0 heterocycles. The first-order chi connectivity index (χ1) is 10.9. The maximum Gasteiger partial charge on any atom is 0.0405 e. The van der Waals surface area contributed by atoms with Gasteiger partial charge in [-0.1, -0.05) is 12.1 Å². The van der Waals surface area contributed by atoms with Gasteiger partial charge >= 0.3 is 0 Å². The quantitative estimate of drug-likeness (QED) is 0.691. The third-order valence-electron chi connectivity index (χ3n) is 4.38. The van der Waals surface area contributed by atoms with E-state index in [0.717, 1.165) is 11.3 Å². The number of rotatable bonds is 2. The summed E-state index contributed by atoms with van der Waals surface area (Å²) in [6.07, 6.45) is 0. The van der Waals surface area contributed by atoms with Gasteiger partial charge in [-0.2, -0.15) is 0 Å². The van der Waals surface area contributed by atoms with Crippen molar-refractivity contribution in [3.05, 3.63) is 47.5 Å². The highest BCUT2D eigenvalue weighted by Gasteiger charge is 2.32. The largest absolute Gasteiger partial charge is 0.399 e. The van der Waals surface area contributed by atoms with Crippen molar-refractivity contribution in [3.63, 3.8) is 0 Å². The summed E-state index contributed by atoms with van der Waals surface area (Å²) in [5, 5.41) is 0. The number of benzene rings is 2. The molecule has 130 valence electrons. The molecule has 2 aromatic rings. The summed E-state index contributed by atoms with van der Waals surface area (Å²) in [4.78, 5) is 2.51. The van der Waals surface area contributed by atoms with Crippen LogP contribution in [-0.4, -0.2) is 11.1 Å². The minimum Gasteiger partial charge on any atom is -0.399 e. The summed E-state index contributed by atoms with van der Waals surface area (Å²) in [7, 11) is 0. The number of anilines is 2. The van der Waals surface area contributed by atoms with Crippen LogP contribution in [0.4, 0.5) is 11.4 Å². The standard InChI is InChI=1S/C22H32N2/c1-15-13-17(9-11-19(15)23)18-10-12-20(16(2)14-18)24(21(3,4)5)22(6,7)8/h9-14H,23H2,1-8H3. The zero-order chi connectivity index (χ0) is 18.3. The molecule has 0 saturated heterocycles. The van der Waals surface area contributed by atoms with E-state index in [2.05, 4.69) is 90.6 Å². The molecule has 0 spiro atoms. The fourth-order valence-electron chi connectivity index (χ4n) is 3.67. The molecule has 2 heteroatoms. The van der Waals surface area contributed by atoms with Crippen molar-refractivity contribution in [2.24, 2.45) is 0 Å². The van der Waals surface area contributed by atoms with Gasteiger partial charge in [0.15, 0.2) is 0 Å². The lowest BCUT2D eigenvalue weighted by Gasteiger charge is -2.48. The first kappa shape index (κ1) is 18.4. The topological polar surface area (TPSA) is 29.3 Å². The van der Waals surface area contributed by atoms with Crippen LogP contribution >= 0.6 is 0 Å². The zero-order valence-corrected chi connectivity index (χ0v) is 16.5. The number of nitrogens with zero attached hydrogens (tertiary/aromatic N) is 1. The van der Waals surface area contributed by atoms with Crippen LogP contribution in [0.5, 0.6) is 0 Å². The van der Waals surface area contributed by atoms with Gasteiger partial charge in [-0.3, -0.25) is 0 Å². The summed E-state index contributed by atoms with van der Waals surface area (Å²) >= 11 is 0. The second kappa shape index (κ2) is 6.16. The second-order valence-corrected chi connectivity index (χ2v) is 8.75. The second-order valence-electron chi connectivity index (χ2n) is 8.75. The van der Waals surface area contributed by atoms with Gasteiger partial charge in [-0.25, -0.2) is 0 Å². The van der Waals surface area contributed by atoms with Crippen molar-refractivity contribution in [3.8, 4) is 11.1 Å². The molecule has 0 unspecified atom stereocenters. The molecule has 0 aliphatic rings. The molecular formula is C22H32N2. The molecule has 24 heavy (non-hydrogen) atoms. The fourth-order valence-corrected chi connectivity index (χ4v) is 3.67. The molecule has 0 aliphatic carbocycles. The summed E-state index contributed by atoms with van der Waals surface area (Å²) in [6.45, 7) is 17.9. The first-order valence-corrected chi connectivity index (χ1v) is 8.69. The lowest BCUT2D eigenvalue weighted by Crippen LogP contribution is -2.53. The predicted octanol–water partition coefficient (Wildman–Crippen LogP) is 5.96. The minimum absolute atomic E-state index is 0.0578. The molecule has 0 radical (unpaired) electrons. The van der Waals surface area contributed by atoms with Gasteiger partial charge in [-0.05, 0) is 102 Å². The van der Waals surface area contributed by atoms with Gasteiger partial charge in [0, 0.05) is 22.5 Å². The van der Waals surface area contributed by atoms with E-state index in [1.807, 2.05) is 6.07 Å². The molecule has 0 aromatic heterocycles. The Morgan fingerprint density at radius 2 is 1.17 bits per heavy atom. The molecule has 0 amide bonds. The molecule has 0 aliphatic heterocycles. The monoisotopic (exact) mass is 324 g/mol. The van der Waals surface area contributed by atoms with Gasteiger partial charge < -0.3 is 10.6 Å². The number of hydrogen-bond acceptors (Lipinski definition) is 2. The number of nitrogens with two attached hydrogens (primary N) is 1. The average Bonchev–Trinajstić information content (AvgIpc) is 2.41. The Morgan fingerprint density at radius 1 is 0.708 bits per heavy atom.